The highest BCUT2D eigenvalue weighted by atomic mass is 16.5. The topological polar surface area (TPSA) is 201 Å². The van der Waals surface area contributed by atoms with Gasteiger partial charge in [-0.15, -0.1) is 0 Å². The van der Waals surface area contributed by atoms with Crippen LogP contribution in [-0.2, 0) is 0 Å². The summed E-state index contributed by atoms with van der Waals surface area (Å²) in [6.07, 6.45) is 5.19. The Balaban J connectivity index is 0.000000177. The zero-order valence-corrected chi connectivity index (χ0v) is 35.5. The highest BCUT2D eigenvalue weighted by Gasteiger charge is 2.36. The molecule has 0 radical (unpaired) electrons. The van der Waals surface area contributed by atoms with Crippen LogP contribution in [0, 0.1) is 0 Å². The lowest BCUT2D eigenvalue weighted by molar-refractivity contribution is 0.0563. The molecule has 63 heavy (non-hydrogen) atoms. The van der Waals surface area contributed by atoms with Gasteiger partial charge in [0.1, 0.15) is 17.1 Å². The predicted molar refractivity (Wildman–Crippen MR) is 241 cm³/mol. The largest absolute Gasteiger partial charge is 0.505 e. The number of benzene rings is 3. The molecule has 0 saturated carbocycles. The molecule has 2 amide bonds. The monoisotopic (exact) mass is 859 g/mol. The van der Waals surface area contributed by atoms with Gasteiger partial charge in [-0.25, -0.2) is 0 Å². The van der Waals surface area contributed by atoms with Crippen LogP contribution in [0.4, 0.5) is 28.4 Å². The number of hydrogen-bond donors (Lipinski definition) is 5. The molecule has 4 saturated heterocycles. The molecule has 0 bridgehead atoms. The summed E-state index contributed by atoms with van der Waals surface area (Å²) in [5, 5.41) is 30.4. The van der Waals surface area contributed by atoms with Crippen LogP contribution in [0.15, 0.2) is 85.9 Å². The standard InChI is InChI=1S/C27H30N4O4.C20H23N3O5/c1-2-20(17-8-4-3-5-9-17)28-22-23(26(34)25(22)33)29-21-12-6-11-19(24(21)32)27(35)31-15-14-30-13-7-10-18(30)16-31;1-2-28-19-15(17(25)18(19)26)21-14-7-3-6-13(16(14)24)20(27)23-10-9-22-8-4-5-12(22)11-23/h3-6,8-9,11-12,18,20,28-29,32H,2,7,10,13-16H2,1H3;3,6-7,12,21,24H,2,4-5,8-11H2,1H3/t18-,20-;12-/m11/s1. The van der Waals surface area contributed by atoms with Crippen molar-refractivity contribution in [3.63, 3.8) is 0 Å². The lowest BCUT2D eigenvalue weighted by atomic mass is 10.0. The van der Waals surface area contributed by atoms with E-state index in [9.17, 15) is 39.0 Å². The summed E-state index contributed by atoms with van der Waals surface area (Å²) in [6.45, 7) is 10.4. The Bertz CT molecular complexity index is 2630. The van der Waals surface area contributed by atoms with Gasteiger partial charge in [-0.3, -0.25) is 38.6 Å². The van der Waals surface area contributed by atoms with Crippen LogP contribution in [0.5, 0.6) is 17.2 Å². The van der Waals surface area contributed by atoms with Gasteiger partial charge in [0.25, 0.3) is 33.5 Å². The highest BCUT2D eigenvalue weighted by Crippen LogP contribution is 2.36. The number of carbonyl (C=O) groups is 2. The molecule has 330 valence electrons. The second-order valence-electron chi connectivity index (χ2n) is 16.5. The number of carbonyl (C=O) groups excluding carboxylic acids is 2. The summed E-state index contributed by atoms with van der Waals surface area (Å²) in [5.74, 6) is -0.961. The number of hydrogen-bond acceptors (Lipinski definition) is 14. The van der Waals surface area contributed by atoms with E-state index in [0.717, 1.165) is 57.4 Å². The van der Waals surface area contributed by atoms with Crippen LogP contribution in [-0.4, -0.2) is 113 Å². The molecule has 9 rings (SSSR count). The Morgan fingerprint density at radius 2 is 1.14 bits per heavy atom. The highest BCUT2D eigenvalue weighted by molar-refractivity contribution is 6.00. The van der Waals surface area contributed by atoms with Crippen LogP contribution in [0.25, 0.3) is 0 Å². The number of para-hydroxylation sites is 2. The Morgan fingerprint density at radius 1 is 0.635 bits per heavy atom. The van der Waals surface area contributed by atoms with Gasteiger partial charge in [0.2, 0.25) is 0 Å². The van der Waals surface area contributed by atoms with Crippen molar-refractivity contribution in [1.29, 1.82) is 0 Å². The molecular weight excluding hydrogens is 807 g/mol. The number of rotatable bonds is 12. The van der Waals surface area contributed by atoms with Gasteiger partial charge in [-0.2, -0.15) is 0 Å². The van der Waals surface area contributed by atoms with E-state index < -0.39 is 21.7 Å². The smallest absolute Gasteiger partial charge is 0.272 e. The van der Waals surface area contributed by atoms with E-state index in [1.807, 2.05) is 37.3 Å². The predicted octanol–water partition coefficient (Wildman–Crippen LogP) is 4.27. The van der Waals surface area contributed by atoms with Crippen molar-refractivity contribution in [2.45, 2.75) is 64.1 Å². The second-order valence-corrected chi connectivity index (χ2v) is 16.5. The number of anilines is 5. The van der Waals surface area contributed by atoms with E-state index in [-0.39, 0.29) is 81.3 Å². The first-order valence-corrected chi connectivity index (χ1v) is 21.8. The molecule has 0 aliphatic carbocycles. The van der Waals surface area contributed by atoms with Gasteiger partial charge < -0.3 is 40.7 Å². The van der Waals surface area contributed by atoms with E-state index in [4.69, 9.17) is 4.74 Å². The fourth-order valence-electron chi connectivity index (χ4n) is 9.29. The number of amides is 2. The molecule has 4 fully saturated rings. The molecule has 5 N–H and O–H groups in total. The molecule has 4 heterocycles. The quantitative estimate of drug-likeness (QED) is 0.0880. The summed E-state index contributed by atoms with van der Waals surface area (Å²) in [5.41, 5.74) is -0.550. The molecule has 0 unspecified atom stereocenters. The zero-order chi connectivity index (χ0) is 44.4. The molecule has 3 atom stereocenters. The first-order valence-electron chi connectivity index (χ1n) is 21.8. The Kier molecular flexibility index (Phi) is 12.6. The SMILES string of the molecule is CCOc1c(Nc2cccc(C(=O)N3CCN4CCC[C@@H]4C3)c2O)c(=O)c1=O.CC[C@@H](Nc1c(Nc2cccc(C(=O)N3CCN4CCC[C@@H]4C3)c2O)c(=O)c1=O)c1ccccc1. The molecule has 16 nitrogen and oxygen atoms in total. The molecule has 5 aromatic carbocycles. The van der Waals surface area contributed by atoms with E-state index in [1.54, 1.807) is 53.1 Å². The number of phenols is 2. The molecule has 4 aliphatic rings. The van der Waals surface area contributed by atoms with Crippen LogP contribution in [0.2, 0.25) is 0 Å². The third kappa shape index (κ3) is 8.52. The van der Waals surface area contributed by atoms with E-state index >= 15 is 0 Å². The van der Waals surface area contributed by atoms with Gasteiger partial charge in [-0.1, -0.05) is 49.4 Å². The van der Waals surface area contributed by atoms with Crippen molar-refractivity contribution in [2.24, 2.45) is 0 Å². The number of nitrogens with one attached hydrogen (secondary N) is 3. The minimum atomic E-state index is -0.697. The number of piperazine rings is 2. The third-order valence-electron chi connectivity index (χ3n) is 12.8. The molecule has 4 aliphatic heterocycles. The average Bonchev–Trinajstić information content (AvgIpc) is 4.00. The van der Waals surface area contributed by atoms with Crippen LogP contribution < -0.4 is 42.4 Å². The van der Waals surface area contributed by atoms with E-state index in [1.165, 1.54) is 0 Å². The van der Waals surface area contributed by atoms with Crippen molar-refractivity contribution in [1.82, 2.24) is 19.6 Å². The average molecular weight is 860 g/mol. The number of aromatic hydroxyl groups is 2. The molecule has 0 aromatic heterocycles. The normalized spacial score (nSPS) is 19.2. The first kappa shape index (κ1) is 43.1. The van der Waals surface area contributed by atoms with Gasteiger partial charge in [0, 0.05) is 51.4 Å². The van der Waals surface area contributed by atoms with Crippen molar-refractivity contribution in [3.05, 3.63) is 124 Å². The maximum absolute atomic E-state index is 13.2. The number of nitrogens with zero attached hydrogens (tertiary/aromatic N) is 4. The van der Waals surface area contributed by atoms with Crippen LogP contribution >= 0.6 is 0 Å². The van der Waals surface area contributed by atoms with Crippen molar-refractivity contribution in [2.75, 3.05) is 74.9 Å². The minimum absolute atomic E-state index is 0.00585. The number of ether oxygens (including phenoxy) is 1. The molecular formula is C47H53N7O9. The molecule has 5 aromatic rings. The Morgan fingerprint density at radius 3 is 1.67 bits per heavy atom. The van der Waals surface area contributed by atoms with Gasteiger partial charge >= 0.3 is 0 Å². The molecule has 0 spiro atoms. The number of phenolic OH excluding ortho intramolecular Hbond substituents is 2. The van der Waals surface area contributed by atoms with E-state index in [2.05, 4.69) is 25.8 Å². The summed E-state index contributed by atoms with van der Waals surface area (Å²) in [6, 6.07) is 19.9. The summed E-state index contributed by atoms with van der Waals surface area (Å²) >= 11 is 0. The minimum Gasteiger partial charge on any atom is -0.505 e. The van der Waals surface area contributed by atoms with Crippen molar-refractivity contribution >= 4 is 40.3 Å². The second kappa shape index (κ2) is 18.4. The maximum atomic E-state index is 13.2. The zero-order valence-electron chi connectivity index (χ0n) is 35.5. The fraction of sp³-hybridized carbons (Fsp3) is 0.404. The van der Waals surface area contributed by atoms with E-state index in [0.29, 0.717) is 44.7 Å². The van der Waals surface area contributed by atoms with Crippen molar-refractivity contribution in [3.8, 4) is 17.2 Å². The lowest BCUT2D eigenvalue weighted by Gasteiger charge is -2.37. The van der Waals surface area contributed by atoms with Gasteiger partial charge in [0.05, 0.1) is 35.2 Å². The Labute approximate surface area is 364 Å². The summed E-state index contributed by atoms with van der Waals surface area (Å²) in [4.78, 5) is 82.8. The van der Waals surface area contributed by atoms with Crippen LogP contribution in [0.1, 0.15) is 78.3 Å². The Hall–Kier alpha value is -6.52. The van der Waals surface area contributed by atoms with Crippen molar-refractivity contribution < 1.29 is 24.5 Å². The van der Waals surface area contributed by atoms with Gasteiger partial charge in [0.15, 0.2) is 17.2 Å². The third-order valence-corrected chi connectivity index (χ3v) is 12.8. The maximum Gasteiger partial charge on any atom is 0.272 e. The summed E-state index contributed by atoms with van der Waals surface area (Å²) < 4.78 is 5.18. The van der Waals surface area contributed by atoms with Gasteiger partial charge in [-0.05, 0) is 81.9 Å². The van der Waals surface area contributed by atoms with Crippen LogP contribution in [0.3, 0.4) is 0 Å². The number of fused-ring (bicyclic) bond motifs is 2. The summed E-state index contributed by atoms with van der Waals surface area (Å²) in [7, 11) is 0. The lowest BCUT2D eigenvalue weighted by Crippen LogP contribution is -2.52. The first-order chi connectivity index (χ1) is 30.5. The molecule has 16 heteroatoms. The fourth-order valence-corrected chi connectivity index (χ4v) is 9.29.